The number of thiazole rings is 1. The van der Waals surface area contributed by atoms with Crippen LogP contribution in [0.3, 0.4) is 0 Å². The van der Waals surface area contributed by atoms with Gasteiger partial charge < -0.3 is 0 Å². The first kappa shape index (κ1) is 16.9. The Bertz CT molecular complexity index is 748. The summed E-state index contributed by atoms with van der Waals surface area (Å²) in [6.45, 7) is 0. The van der Waals surface area contributed by atoms with Gasteiger partial charge in [-0.2, -0.15) is 0 Å². The highest BCUT2D eigenvalue weighted by Crippen LogP contribution is 2.26. The van der Waals surface area contributed by atoms with Crippen LogP contribution < -0.4 is 4.72 Å². The number of hydrogen-bond donors (Lipinski definition) is 1. The third kappa shape index (κ3) is 4.78. The van der Waals surface area contributed by atoms with Gasteiger partial charge in [0.25, 0.3) is 10.0 Å². The Hall–Kier alpha value is -0.420. The van der Waals surface area contributed by atoms with Gasteiger partial charge >= 0.3 is 0 Å². The summed E-state index contributed by atoms with van der Waals surface area (Å²) in [5.41, 5.74) is 0. The molecule has 0 spiro atoms. The van der Waals surface area contributed by atoms with Crippen molar-refractivity contribution in [2.24, 2.45) is 0 Å². The number of rotatable bonds is 5. The van der Waals surface area contributed by atoms with Gasteiger partial charge in [0.1, 0.15) is 9.24 Å². The number of amides is 1. The van der Waals surface area contributed by atoms with Gasteiger partial charge in [0, 0.05) is 20.5 Å². The lowest BCUT2D eigenvalue weighted by Gasteiger charge is -2.08. The van der Waals surface area contributed by atoms with Crippen LogP contribution in [0.15, 0.2) is 48.0 Å². The van der Waals surface area contributed by atoms with Crippen LogP contribution in [-0.2, 0) is 14.8 Å². The van der Waals surface area contributed by atoms with Crippen LogP contribution in [0.25, 0.3) is 0 Å². The molecule has 5 nitrogen and oxygen atoms in total. The summed E-state index contributed by atoms with van der Waals surface area (Å²) in [5, 5.41) is 1.79. The van der Waals surface area contributed by atoms with Gasteiger partial charge in [-0.25, -0.2) is 18.1 Å². The van der Waals surface area contributed by atoms with E-state index in [2.05, 4.69) is 36.8 Å². The topological polar surface area (TPSA) is 76.1 Å². The second kappa shape index (κ2) is 7.23. The fraction of sp³-hybridized carbons (Fsp3) is 0.0909. The molecule has 2 aromatic rings. The van der Waals surface area contributed by atoms with Gasteiger partial charge in [-0.15, -0.1) is 11.3 Å². The van der Waals surface area contributed by atoms with Gasteiger partial charge in [-0.05, 0) is 34.1 Å². The number of nitrogens with zero attached hydrogens (tertiary/aromatic N) is 1. The lowest BCUT2D eigenvalue weighted by Crippen LogP contribution is -2.32. The standard InChI is InChI=1S/C11H8Br2N2O3S3/c12-7-1-2-8(13)9(5-7)21(17,18)15-10(16)6-20-11-14-3-4-19-11/h1-5H,6H2,(H,15,16). The minimum atomic E-state index is -3.91. The molecule has 1 aromatic heterocycles. The van der Waals surface area contributed by atoms with Crippen molar-refractivity contribution in [1.29, 1.82) is 0 Å². The van der Waals surface area contributed by atoms with Crippen LogP contribution in [0.4, 0.5) is 0 Å². The van der Waals surface area contributed by atoms with Crippen molar-refractivity contribution >= 4 is 70.9 Å². The number of nitrogens with one attached hydrogen (secondary N) is 1. The molecule has 2 rings (SSSR count). The van der Waals surface area contributed by atoms with Gasteiger partial charge in [0.05, 0.1) is 5.75 Å². The highest BCUT2D eigenvalue weighted by molar-refractivity contribution is 9.11. The van der Waals surface area contributed by atoms with Gasteiger partial charge in [0.15, 0.2) is 0 Å². The molecule has 1 heterocycles. The molecule has 112 valence electrons. The molecule has 0 unspecified atom stereocenters. The molecule has 0 fully saturated rings. The third-order valence-electron chi connectivity index (χ3n) is 2.17. The Morgan fingerprint density at radius 3 is 2.81 bits per heavy atom. The predicted octanol–water partition coefficient (Wildman–Crippen LogP) is 3.27. The zero-order chi connectivity index (χ0) is 15.5. The van der Waals surface area contributed by atoms with E-state index in [0.717, 1.165) is 0 Å². The number of thioether (sulfide) groups is 1. The first-order valence-electron chi connectivity index (χ1n) is 5.41. The molecule has 0 saturated heterocycles. The lowest BCUT2D eigenvalue weighted by molar-refractivity contribution is -0.116. The average Bonchev–Trinajstić information content (AvgIpc) is 2.92. The molecule has 0 atom stereocenters. The van der Waals surface area contributed by atoms with Crippen molar-refractivity contribution in [1.82, 2.24) is 9.71 Å². The molecule has 0 aliphatic rings. The number of sulfonamides is 1. The van der Waals surface area contributed by atoms with E-state index in [0.29, 0.717) is 13.3 Å². The van der Waals surface area contributed by atoms with Gasteiger partial charge in [-0.1, -0.05) is 27.7 Å². The summed E-state index contributed by atoms with van der Waals surface area (Å²) in [6.07, 6.45) is 1.63. The molecule has 10 heteroatoms. The van der Waals surface area contributed by atoms with Crippen molar-refractivity contribution in [3.8, 4) is 0 Å². The zero-order valence-electron chi connectivity index (χ0n) is 10.2. The normalized spacial score (nSPS) is 11.3. The zero-order valence-corrected chi connectivity index (χ0v) is 15.9. The van der Waals surface area contributed by atoms with E-state index in [-0.39, 0.29) is 10.6 Å². The van der Waals surface area contributed by atoms with E-state index in [1.807, 2.05) is 4.72 Å². The molecule has 1 amide bonds. The van der Waals surface area contributed by atoms with Crippen molar-refractivity contribution in [3.63, 3.8) is 0 Å². The number of benzene rings is 1. The molecule has 21 heavy (non-hydrogen) atoms. The first-order valence-corrected chi connectivity index (χ1v) is 10.3. The quantitative estimate of drug-likeness (QED) is 0.677. The SMILES string of the molecule is O=C(CSc1nccs1)NS(=O)(=O)c1cc(Br)ccc1Br. The first-order chi connectivity index (χ1) is 9.88. The van der Waals surface area contributed by atoms with Crippen LogP contribution in [0, 0.1) is 0 Å². The number of halogens is 2. The maximum atomic E-state index is 12.2. The van der Waals surface area contributed by atoms with Crippen molar-refractivity contribution in [2.45, 2.75) is 9.24 Å². The minimum absolute atomic E-state index is 0.00414. The number of hydrogen-bond acceptors (Lipinski definition) is 6. The van der Waals surface area contributed by atoms with Gasteiger partial charge in [0.2, 0.25) is 5.91 Å². The fourth-order valence-corrected chi connectivity index (χ4v) is 5.34. The van der Waals surface area contributed by atoms with E-state index >= 15 is 0 Å². The highest BCUT2D eigenvalue weighted by atomic mass is 79.9. The van der Waals surface area contributed by atoms with E-state index in [1.54, 1.807) is 23.7 Å². The molecule has 1 N–H and O–H groups in total. The van der Waals surface area contributed by atoms with E-state index in [4.69, 9.17) is 0 Å². The summed E-state index contributed by atoms with van der Waals surface area (Å²) in [5.74, 6) is -0.611. The molecule has 0 radical (unpaired) electrons. The molecule has 0 saturated carbocycles. The van der Waals surface area contributed by atoms with Crippen LogP contribution in [0.1, 0.15) is 0 Å². The predicted molar refractivity (Wildman–Crippen MR) is 90.0 cm³/mol. The summed E-state index contributed by atoms with van der Waals surface area (Å²) in [7, 11) is -3.91. The summed E-state index contributed by atoms with van der Waals surface area (Å²) < 4.78 is 28.1. The van der Waals surface area contributed by atoms with Crippen molar-refractivity contribution in [2.75, 3.05) is 5.75 Å². The molecule has 1 aromatic carbocycles. The van der Waals surface area contributed by atoms with Crippen LogP contribution >= 0.6 is 55.0 Å². The van der Waals surface area contributed by atoms with Crippen LogP contribution in [0.2, 0.25) is 0 Å². The summed E-state index contributed by atoms with van der Waals surface area (Å²) in [6, 6.07) is 4.71. The minimum Gasteiger partial charge on any atom is -0.273 e. The van der Waals surface area contributed by atoms with Crippen LogP contribution in [-0.4, -0.2) is 25.1 Å². The third-order valence-corrected chi connectivity index (χ3v) is 6.99. The number of aromatic nitrogens is 1. The van der Waals surface area contributed by atoms with Crippen molar-refractivity contribution < 1.29 is 13.2 Å². The molecular formula is C11H8Br2N2O3S3. The molecule has 0 aliphatic heterocycles. The second-order valence-corrected chi connectivity index (χ2v) is 9.23. The van der Waals surface area contributed by atoms with E-state index in [1.165, 1.54) is 29.2 Å². The number of carbonyl (C=O) groups is 1. The Kier molecular flexibility index (Phi) is 5.83. The molecular weight excluding hydrogens is 464 g/mol. The summed E-state index contributed by atoms with van der Waals surface area (Å²) in [4.78, 5) is 15.8. The smallest absolute Gasteiger partial charge is 0.265 e. The Morgan fingerprint density at radius 2 is 2.14 bits per heavy atom. The van der Waals surface area contributed by atoms with Crippen molar-refractivity contribution in [3.05, 3.63) is 38.7 Å². The Morgan fingerprint density at radius 1 is 1.38 bits per heavy atom. The van der Waals surface area contributed by atoms with Gasteiger partial charge in [-0.3, -0.25) is 4.79 Å². The number of carbonyl (C=O) groups excluding carboxylic acids is 1. The van der Waals surface area contributed by atoms with E-state index in [9.17, 15) is 13.2 Å². The van der Waals surface area contributed by atoms with E-state index < -0.39 is 15.9 Å². The van der Waals surface area contributed by atoms with Crippen LogP contribution in [0.5, 0.6) is 0 Å². The summed E-state index contributed by atoms with van der Waals surface area (Å²) >= 11 is 8.95. The largest absolute Gasteiger partial charge is 0.273 e. The fourth-order valence-electron chi connectivity index (χ4n) is 1.33. The Labute approximate surface area is 146 Å². The second-order valence-electron chi connectivity index (χ2n) is 3.69. The monoisotopic (exact) mass is 470 g/mol. The highest BCUT2D eigenvalue weighted by Gasteiger charge is 2.21. The Balaban J connectivity index is 2.06. The maximum absolute atomic E-state index is 12.2. The average molecular weight is 472 g/mol. The molecule has 0 bridgehead atoms. The maximum Gasteiger partial charge on any atom is 0.265 e. The lowest BCUT2D eigenvalue weighted by atomic mass is 10.4. The molecule has 0 aliphatic carbocycles.